The summed E-state index contributed by atoms with van der Waals surface area (Å²) < 4.78 is 6.81. The molecule has 0 aliphatic heterocycles. The second-order valence-electron chi connectivity index (χ2n) is 5.63. The van der Waals surface area contributed by atoms with Crippen molar-refractivity contribution in [1.29, 1.82) is 0 Å². The van der Waals surface area contributed by atoms with Crippen molar-refractivity contribution in [3.63, 3.8) is 0 Å². The number of oxazole rings is 1. The molecule has 0 saturated heterocycles. The molecule has 0 atom stereocenters. The first-order valence-corrected chi connectivity index (χ1v) is 7.72. The number of benzene rings is 2. The van der Waals surface area contributed by atoms with Gasteiger partial charge in [0.05, 0.1) is 17.2 Å². The van der Waals surface area contributed by atoms with Crippen LogP contribution in [0, 0.1) is 6.92 Å². The lowest BCUT2D eigenvalue weighted by molar-refractivity contribution is -0.116. The van der Waals surface area contributed by atoms with Gasteiger partial charge in [-0.2, -0.15) is 0 Å². The molecule has 124 valence electrons. The number of carbonyl (C=O) groups is 1. The molecule has 0 spiro atoms. The fourth-order valence-electron chi connectivity index (χ4n) is 2.74. The molecule has 2 aromatic carbocycles. The number of hydrogen-bond donors (Lipinski definition) is 1. The molecular weight excluding hydrogens is 320 g/mol. The van der Waals surface area contributed by atoms with Crippen LogP contribution in [0.1, 0.15) is 5.89 Å². The second-order valence-corrected chi connectivity index (χ2v) is 5.63. The number of anilines is 1. The predicted octanol–water partition coefficient (Wildman–Crippen LogP) is 2.48. The third-order valence-corrected chi connectivity index (χ3v) is 3.83. The number of amides is 1. The molecule has 0 unspecified atom stereocenters. The molecule has 4 aromatic rings. The molecule has 0 aliphatic carbocycles. The summed E-state index contributed by atoms with van der Waals surface area (Å²) in [5.41, 5.74) is 2.88. The van der Waals surface area contributed by atoms with E-state index in [2.05, 4.69) is 15.3 Å². The van der Waals surface area contributed by atoms with E-state index >= 15 is 0 Å². The minimum absolute atomic E-state index is 0.0995. The van der Waals surface area contributed by atoms with Crippen molar-refractivity contribution in [3.8, 4) is 0 Å². The summed E-state index contributed by atoms with van der Waals surface area (Å²) in [4.78, 5) is 32.8. The van der Waals surface area contributed by atoms with Gasteiger partial charge in [0, 0.05) is 12.6 Å². The number of nitrogens with one attached hydrogen (secondary N) is 1. The summed E-state index contributed by atoms with van der Waals surface area (Å²) >= 11 is 0. The first-order chi connectivity index (χ1) is 12.1. The number of carbonyl (C=O) groups excluding carboxylic acids is 1. The maximum atomic E-state index is 12.4. The van der Waals surface area contributed by atoms with E-state index in [1.54, 1.807) is 43.3 Å². The van der Waals surface area contributed by atoms with Crippen LogP contribution in [-0.4, -0.2) is 20.4 Å². The molecule has 0 aliphatic rings. The molecule has 7 heteroatoms. The first-order valence-electron chi connectivity index (χ1n) is 7.72. The number of aromatic nitrogens is 3. The van der Waals surface area contributed by atoms with Gasteiger partial charge >= 0.3 is 0 Å². The Bertz CT molecular complexity index is 1160. The summed E-state index contributed by atoms with van der Waals surface area (Å²) in [7, 11) is 0. The van der Waals surface area contributed by atoms with Gasteiger partial charge in [0.25, 0.3) is 5.56 Å². The number of hydrogen-bond acceptors (Lipinski definition) is 5. The van der Waals surface area contributed by atoms with Crippen molar-refractivity contribution in [3.05, 3.63) is 64.9 Å². The van der Waals surface area contributed by atoms with Crippen molar-refractivity contribution in [2.45, 2.75) is 13.5 Å². The molecule has 2 heterocycles. The summed E-state index contributed by atoms with van der Waals surface area (Å²) in [5, 5.41) is 2.78. The van der Waals surface area contributed by atoms with E-state index in [-0.39, 0.29) is 18.0 Å². The van der Waals surface area contributed by atoms with Crippen molar-refractivity contribution >= 4 is 33.7 Å². The maximum Gasteiger partial charge on any atom is 0.269 e. The van der Waals surface area contributed by atoms with Crippen molar-refractivity contribution in [2.75, 3.05) is 5.32 Å². The van der Waals surface area contributed by atoms with Gasteiger partial charge < -0.3 is 9.73 Å². The van der Waals surface area contributed by atoms with E-state index in [0.29, 0.717) is 33.7 Å². The molecule has 4 rings (SSSR count). The van der Waals surface area contributed by atoms with Crippen LogP contribution < -0.4 is 10.9 Å². The molecule has 0 fully saturated rings. The van der Waals surface area contributed by atoms with Gasteiger partial charge in [-0.05, 0) is 30.3 Å². The Morgan fingerprint density at radius 1 is 1.20 bits per heavy atom. The Morgan fingerprint density at radius 3 is 2.92 bits per heavy atom. The fourth-order valence-corrected chi connectivity index (χ4v) is 2.74. The number of nitrogens with zero attached hydrogens (tertiary/aromatic N) is 3. The molecule has 0 radical (unpaired) electrons. The van der Waals surface area contributed by atoms with Crippen LogP contribution >= 0.6 is 0 Å². The van der Waals surface area contributed by atoms with Gasteiger partial charge in [-0.1, -0.05) is 12.1 Å². The Labute approximate surface area is 141 Å². The predicted molar refractivity (Wildman–Crippen MR) is 93.4 cm³/mol. The summed E-state index contributed by atoms with van der Waals surface area (Å²) in [6.45, 7) is 1.66. The number of fused-ring (bicyclic) bond motifs is 2. The first kappa shape index (κ1) is 15.1. The van der Waals surface area contributed by atoms with E-state index in [0.717, 1.165) is 0 Å². The SMILES string of the molecule is Cc1nc2cc(NC(=O)Cn3c(=O)cnc4ccccc43)ccc2o1. The largest absolute Gasteiger partial charge is 0.441 e. The highest BCUT2D eigenvalue weighted by atomic mass is 16.3. The number of aryl methyl sites for hydroxylation is 1. The van der Waals surface area contributed by atoms with Crippen LogP contribution in [-0.2, 0) is 11.3 Å². The third-order valence-electron chi connectivity index (χ3n) is 3.83. The van der Waals surface area contributed by atoms with Gasteiger partial charge in [-0.15, -0.1) is 0 Å². The summed E-state index contributed by atoms with van der Waals surface area (Å²) in [5.74, 6) is 0.256. The quantitative estimate of drug-likeness (QED) is 0.621. The van der Waals surface area contributed by atoms with E-state index < -0.39 is 0 Å². The van der Waals surface area contributed by atoms with Gasteiger partial charge in [0.15, 0.2) is 11.5 Å². The van der Waals surface area contributed by atoms with Gasteiger partial charge in [0.2, 0.25) is 5.91 Å². The lowest BCUT2D eigenvalue weighted by Gasteiger charge is -2.10. The molecule has 2 aromatic heterocycles. The third kappa shape index (κ3) is 2.87. The van der Waals surface area contributed by atoms with Crippen molar-refractivity contribution < 1.29 is 9.21 Å². The molecule has 1 amide bonds. The van der Waals surface area contributed by atoms with Crippen LogP contribution in [0.15, 0.2) is 57.9 Å². The number of rotatable bonds is 3. The van der Waals surface area contributed by atoms with E-state index in [4.69, 9.17) is 4.42 Å². The zero-order valence-corrected chi connectivity index (χ0v) is 13.4. The van der Waals surface area contributed by atoms with Crippen LogP contribution in [0.2, 0.25) is 0 Å². The smallest absolute Gasteiger partial charge is 0.269 e. The van der Waals surface area contributed by atoms with Crippen LogP contribution in [0.25, 0.3) is 22.1 Å². The normalized spacial score (nSPS) is 11.1. The molecule has 0 saturated carbocycles. The molecular formula is C18H14N4O3. The minimum atomic E-state index is -0.323. The topological polar surface area (TPSA) is 90.0 Å². The van der Waals surface area contributed by atoms with Crippen LogP contribution in [0.3, 0.4) is 0 Å². The fraction of sp³-hybridized carbons (Fsp3) is 0.111. The van der Waals surface area contributed by atoms with Crippen molar-refractivity contribution in [2.24, 2.45) is 0 Å². The van der Waals surface area contributed by atoms with Crippen LogP contribution in [0.5, 0.6) is 0 Å². The Balaban J connectivity index is 1.61. The lowest BCUT2D eigenvalue weighted by Crippen LogP contribution is -2.27. The highest BCUT2D eigenvalue weighted by Gasteiger charge is 2.10. The average molecular weight is 334 g/mol. The summed E-state index contributed by atoms with van der Waals surface area (Å²) in [6, 6.07) is 12.4. The summed E-state index contributed by atoms with van der Waals surface area (Å²) in [6.07, 6.45) is 1.22. The molecule has 7 nitrogen and oxygen atoms in total. The molecule has 0 bridgehead atoms. The zero-order chi connectivity index (χ0) is 17.4. The molecule has 25 heavy (non-hydrogen) atoms. The monoisotopic (exact) mass is 334 g/mol. The minimum Gasteiger partial charge on any atom is -0.441 e. The van der Waals surface area contributed by atoms with Crippen molar-refractivity contribution in [1.82, 2.24) is 14.5 Å². The van der Waals surface area contributed by atoms with E-state index in [9.17, 15) is 9.59 Å². The van der Waals surface area contributed by atoms with Gasteiger partial charge in [-0.25, -0.2) is 9.97 Å². The van der Waals surface area contributed by atoms with Gasteiger partial charge in [0.1, 0.15) is 12.1 Å². The highest BCUT2D eigenvalue weighted by molar-refractivity contribution is 5.93. The number of para-hydroxylation sites is 2. The zero-order valence-electron chi connectivity index (χ0n) is 13.4. The standard InChI is InChI=1S/C18H14N4O3/c1-11-20-14-8-12(6-7-16(14)25-11)21-17(23)10-22-15-5-3-2-4-13(15)19-9-18(22)24/h2-9H,10H2,1H3,(H,21,23). The van der Waals surface area contributed by atoms with Crippen LogP contribution in [0.4, 0.5) is 5.69 Å². The van der Waals surface area contributed by atoms with E-state index in [1.807, 2.05) is 6.07 Å². The van der Waals surface area contributed by atoms with Gasteiger partial charge in [-0.3, -0.25) is 14.2 Å². The second kappa shape index (κ2) is 5.86. The average Bonchev–Trinajstić information content (AvgIpc) is 2.97. The molecule has 1 N–H and O–H groups in total. The highest BCUT2D eigenvalue weighted by Crippen LogP contribution is 2.19. The maximum absolute atomic E-state index is 12.4. The Hall–Kier alpha value is -3.48. The Kier molecular flexibility index (Phi) is 3.53. The van der Waals surface area contributed by atoms with E-state index in [1.165, 1.54) is 10.8 Å². The Morgan fingerprint density at radius 2 is 2.04 bits per heavy atom. The lowest BCUT2D eigenvalue weighted by atomic mass is 10.2.